The molecule has 0 saturated heterocycles. The van der Waals surface area contributed by atoms with Crippen LogP contribution in [0.4, 0.5) is 0 Å². The van der Waals surface area contributed by atoms with Crippen LogP contribution in [-0.4, -0.2) is 48.4 Å². The van der Waals surface area contributed by atoms with E-state index in [1.807, 2.05) is 53.4 Å². The summed E-state index contributed by atoms with van der Waals surface area (Å²) in [5.41, 5.74) is 1.65. The van der Waals surface area contributed by atoms with Crippen molar-refractivity contribution in [1.82, 2.24) is 9.80 Å². The van der Waals surface area contributed by atoms with E-state index in [-0.39, 0.29) is 18.4 Å². The van der Waals surface area contributed by atoms with Crippen LogP contribution in [0, 0.1) is 6.92 Å². The minimum absolute atomic E-state index is 0.0363. The predicted octanol–water partition coefficient (Wildman–Crippen LogP) is 4.76. The number of carbonyl (C=O) groups is 2. The van der Waals surface area contributed by atoms with Crippen molar-refractivity contribution < 1.29 is 14.3 Å². The SMILES string of the molecule is COCCCN(CC(=O)N(Cc1ccccc1)Cc1ccc(C)s1)C(=O)c1ccccc1. The van der Waals surface area contributed by atoms with Gasteiger partial charge in [0, 0.05) is 42.1 Å². The summed E-state index contributed by atoms with van der Waals surface area (Å²) >= 11 is 1.69. The zero-order valence-corrected chi connectivity index (χ0v) is 19.5. The van der Waals surface area contributed by atoms with Crippen molar-refractivity contribution in [2.75, 3.05) is 26.8 Å². The van der Waals surface area contributed by atoms with Crippen LogP contribution < -0.4 is 0 Å². The molecule has 3 aromatic rings. The predicted molar refractivity (Wildman–Crippen MR) is 129 cm³/mol. The van der Waals surface area contributed by atoms with Gasteiger partial charge in [-0.05, 0) is 43.2 Å². The Morgan fingerprint density at radius 1 is 0.875 bits per heavy atom. The van der Waals surface area contributed by atoms with Crippen molar-refractivity contribution in [2.45, 2.75) is 26.4 Å². The van der Waals surface area contributed by atoms with E-state index in [1.165, 1.54) is 4.88 Å². The molecule has 0 atom stereocenters. The van der Waals surface area contributed by atoms with Gasteiger partial charge in [0.25, 0.3) is 5.91 Å². The topological polar surface area (TPSA) is 49.9 Å². The Morgan fingerprint density at radius 3 is 2.19 bits per heavy atom. The molecule has 3 rings (SSSR count). The second-order valence-corrected chi connectivity index (χ2v) is 9.06. The van der Waals surface area contributed by atoms with Crippen LogP contribution in [0.5, 0.6) is 0 Å². The quantitative estimate of drug-likeness (QED) is 0.396. The molecule has 1 heterocycles. The fourth-order valence-corrected chi connectivity index (χ4v) is 4.38. The number of nitrogens with zero attached hydrogens (tertiary/aromatic N) is 2. The van der Waals surface area contributed by atoms with Crippen LogP contribution in [0.15, 0.2) is 72.8 Å². The number of rotatable bonds is 11. The van der Waals surface area contributed by atoms with E-state index in [9.17, 15) is 9.59 Å². The van der Waals surface area contributed by atoms with Gasteiger partial charge in [0.05, 0.1) is 6.54 Å². The van der Waals surface area contributed by atoms with Crippen LogP contribution in [0.3, 0.4) is 0 Å². The molecule has 2 aromatic carbocycles. The lowest BCUT2D eigenvalue weighted by atomic mass is 10.2. The maximum Gasteiger partial charge on any atom is 0.254 e. The Balaban J connectivity index is 1.78. The molecule has 168 valence electrons. The number of hydrogen-bond donors (Lipinski definition) is 0. The molecule has 0 bridgehead atoms. The number of ether oxygens (including phenoxy) is 1. The first-order valence-corrected chi connectivity index (χ1v) is 11.6. The number of methoxy groups -OCH3 is 1. The fraction of sp³-hybridized carbons (Fsp3) is 0.308. The molecule has 0 aliphatic heterocycles. The van der Waals surface area contributed by atoms with Gasteiger partial charge < -0.3 is 14.5 Å². The Hall–Kier alpha value is -2.96. The van der Waals surface area contributed by atoms with E-state index in [4.69, 9.17) is 4.74 Å². The molecule has 0 unspecified atom stereocenters. The van der Waals surface area contributed by atoms with Gasteiger partial charge in [0.2, 0.25) is 5.91 Å². The van der Waals surface area contributed by atoms with E-state index >= 15 is 0 Å². The number of benzene rings is 2. The van der Waals surface area contributed by atoms with Gasteiger partial charge in [-0.3, -0.25) is 9.59 Å². The average molecular weight is 451 g/mol. The lowest BCUT2D eigenvalue weighted by Crippen LogP contribution is -2.43. The lowest BCUT2D eigenvalue weighted by molar-refractivity contribution is -0.133. The minimum Gasteiger partial charge on any atom is -0.385 e. The second kappa shape index (κ2) is 12.2. The van der Waals surface area contributed by atoms with E-state index < -0.39 is 0 Å². The molecule has 32 heavy (non-hydrogen) atoms. The molecule has 0 spiro atoms. The largest absolute Gasteiger partial charge is 0.385 e. The van der Waals surface area contributed by atoms with Crippen LogP contribution in [-0.2, 0) is 22.6 Å². The number of amides is 2. The van der Waals surface area contributed by atoms with Crippen molar-refractivity contribution in [3.8, 4) is 0 Å². The zero-order chi connectivity index (χ0) is 22.8. The monoisotopic (exact) mass is 450 g/mol. The molecule has 0 N–H and O–H groups in total. The van der Waals surface area contributed by atoms with Crippen LogP contribution in [0.2, 0.25) is 0 Å². The third kappa shape index (κ3) is 7.04. The molecule has 1 aromatic heterocycles. The number of carbonyl (C=O) groups excluding carboxylic acids is 2. The molecule has 0 fully saturated rings. The molecule has 5 nitrogen and oxygen atoms in total. The second-order valence-electron chi connectivity index (χ2n) is 7.69. The molecule has 6 heteroatoms. The molecule has 0 saturated carbocycles. The van der Waals surface area contributed by atoms with Crippen molar-refractivity contribution in [1.29, 1.82) is 0 Å². The third-order valence-electron chi connectivity index (χ3n) is 5.12. The number of hydrogen-bond acceptors (Lipinski definition) is 4. The van der Waals surface area contributed by atoms with Gasteiger partial charge in [0.1, 0.15) is 6.54 Å². The van der Waals surface area contributed by atoms with Crippen LogP contribution >= 0.6 is 11.3 Å². The smallest absolute Gasteiger partial charge is 0.254 e. The van der Waals surface area contributed by atoms with E-state index in [0.717, 1.165) is 10.4 Å². The number of aryl methyl sites for hydroxylation is 1. The highest BCUT2D eigenvalue weighted by Crippen LogP contribution is 2.19. The summed E-state index contributed by atoms with van der Waals surface area (Å²) in [4.78, 5) is 32.4. The Morgan fingerprint density at radius 2 is 1.56 bits per heavy atom. The molecule has 0 aliphatic carbocycles. The van der Waals surface area contributed by atoms with Gasteiger partial charge in [-0.15, -0.1) is 11.3 Å². The highest BCUT2D eigenvalue weighted by atomic mass is 32.1. The standard InChI is InChI=1S/C26H30N2O3S/c1-21-14-15-24(32-21)19-28(18-22-10-5-3-6-11-22)25(29)20-27(16-9-17-31-2)26(30)23-12-7-4-8-13-23/h3-8,10-15H,9,16-20H2,1-2H3. The zero-order valence-electron chi connectivity index (χ0n) is 18.7. The maximum absolute atomic E-state index is 13.4. The minimum atomic E-state index is -0.137. The van der Waals surface area contributed by atoms with E-state index in [0.29, 0.717) is 38.2 Å². The van der Waals surface area contributed by atoms with Crippen LogP contribution in [0.1, 0.15) is 32.1 Å². The van der Waals surface area contributed by atoms with Gasteiger partial charge in [-0.2, -0.15) is 0 Å². The van der Waals surface area contributed by atoms with Crippen molar-refractivity contribution in [3.63, 3.8) is 0 Å². The van der Waals surface area contributed by atoms with Gasteiger partial charge >= 0.3 is 0 Å². The first kappa shape index (κ1) is 23.7. The summed E-state index contributed by atoms with van der Waals surface area (Å²) < 4.78 is 5.16. The lowest BCUT2D eigenvalue weighted by Gasteiger charge is -2.28. The highest BCUT2D eigenvalue weighted by Gasteiger charge is 2.23. The maximum atomic E-state index is 13.4. The first-order valence-electron chi connectivity index (χ1n) is 10.8. The normalized spacial score (nSPS) is 10.7. The van der Waals surface area contributed by atoms with E-state index in [1.54, 1.807) is 35.5 Å². The first-order chi connectivity index (χ1) is 15.6. The third-order valence-corrected chi connectivity index (χ3v) is 6.11. The van der Waals surface area contributed by atoms with Gasteiger partial charge in [0.15, 0.2) is 0 Å². The molecular weight excluding hydrogens is 420 g/mol. The Kier molecular flexibility index (Phi) is 9.01. The molecular formula is C26H30N2O3S. The van der Waals surface area contributed by atoms with Gasteiger partial charge in [-0.1, -0.05) is 48.5 Å². The Labute approximate surface area is 194 Å². The number of thiophene rings is 1. The Bertz CT molecular complexity index is 989. The molecule has 0 aliphatic rings. The summed E-state index contributed by atoms with van der Waals surface area (Å²) in [5, 5.41) is 0. The molecule has 2 amide bonds. The van der Waals surface area contributed by atoms with Crippen molar-refractivity contribution in [2.24, 2.45) is 0 Å². The average Bonchev–Trinajstić information content (AvgIpc) is 3.23. The van der Waals surface area contributed by atoms with Gasteiger partial charge in [-0.25, -0.2) is 0 Å². The summed E-state index contributed by atoms with van der Waals surface area (Å²) in [6.45, 7) is 4.13. The van der Waals surface area contributed by atoms with E-state index in [2.05, 4.69) is 19.1 Å². The van der Waals surface area contributed by atoms with Crippen LogP contribution in [0.25, 0.3) is 0 Å². The summed E-state index contributed by atoms with van der Waals surface area (Å²) in [6, 6.07) is 23.2. The summed E-state index contributed by atoms with van der Waals surface area (Å²) in [5.74, 6) is -0.205. The van der Waals surface area contributed by atoms with Crippen molar-refractivity contribution >= 4 is 23.2 Å². The molecule has 0 radical (unpaired) electrons. The highest BCUT2D eigenvalue weighted by molar-refractivity contribution is 7.11. The fourth-order valence-electron chi connectivity index (χ4n) is 3.47. The summed E-state index contributed by atoms with van der Waals surface area (Å²) in [6.07, 6.45) is 0.672. The summed E-state index contributed by atoms with van der Waals surface area (Å²) in [7, 11) is 1.64. The van der Waals surface area contributed by atoms with Crippen molar-refractivity contribution in [3.05, 3.63) is 93.7 Å².